The summed E-state index contributed by atoms with van der Waals surface area (Å²) < 4.78 is 7.52. The summed E-state index contributed by atoms with van der Waals surface area (Å²) in [4.78, 5) is 0. The number of halogens is 1. The summed E-state index contributed by atoms with van der Waals surface area (Å²) in [6.45, 7) is 1.64. The summed E-state index contributed by atoms with van der Waals surface area (Å²) in [6, 6.07) is 30.4. The molecule has 0 amide bonds. The molecule has 3 aromatic rings. The van der Waals surface area contributed by atoms with Crippen LogP contribution in [-0.2, 0) is 11.3 Å². The molecule has 1 saturated heterocycles. The zero-order valence-electron chi connectivity index (χ0n) is 15.9. The van der Waals surface area contributed by atoms with Gasteiger partial charge < -0.3 is 10.1 Å². The Kier molecular flexibility index (Phi) is 6.58. The predicted octanol–water partition coefficient (Wildman–Crippen LogP) is 5.92. The molecule has 4 rings (SSSR count). The van der Waals surface area contributed by atoms with E-state index in [4.69, 9.17) is 4.74 Å². The van der Waals surface area contributed by atoms with Gasteiger partial charge in [-0.1, -0.05) is 88.7 Å². The molecule has 0 spiro atoms. The van der Waals surface area contributed by atoms with E-state index in [9.17, 15) is 0 Å². The number of ether oxygens (including phenoxy) is 1. The highest BCUT2D eigenvalue weighted by atomic mass is 79.9. The van der Waals surface area contributed by atoms with E-state index >= 15 is 0 Å². The van der Waals surface area contributed by atoms with Crippen LogP contribution in [-0.4, -0.2) is 18.8 Å². The van der Waals surface area contributed by atoms with Gasteiger partial charge in [-0.05, 0) is 41.7 Å². The van der Waals surface area contributed by atoms with E-state index in [0.29, 0.717) is 6.04 Å². The number of rotatable bonds is 6. The maximum absolute atomic E-state index is 6.40. The van der Waals surface area contributed by atoms with Crippen LogP contribution in [0.2, 0.25) is 0 Å². The molecular weight excluding hydrogens is 410 g/mol. The van der Waals surface area contributed by atoms with Gasteiger partial charge in [-0.2, -0.15) is 0 Å². The Balaban J connectivity index is 1.40. The zero-order valence-corrected chi connectivity index (χ0v) is 17.5. The van der Waals surface area contributed by atoms with Crippen molar-refractivity contribution in [2.24, 2.45) is 0 Å². The first kappa shape index (κ1) is 19.4. The maximum Gasteiger partial charge on any atom is 0.0685 e. The van der Waals surface area contributed by atoms with E-state index in [1.54, 1.807) is 0 Å². The van der Waals surface area contributed by atoms with Crippen molar-refractivity contribution >= 4 is 15.9 Å². The quantitative estimate of drug-likeness (QED) is 0.518. The van der Waals surface area contributed by atoms with Crippen LogP contribution >= 0.6 is 15.9 Å². The van der Waals surface area contributed by atoms with E-state index in [1.807, 2.05) is 0 Å². The van der Waals surface area contributed by atoms with Crippen molar-refractivity contribution in [1.82, 2.24) is 5.32 Å². The van der Waals surface area contributed by atoms with Gasteiger partial charge in [-0.15, -0.1) is 0 Å². The van der Waals surface area contributed by atoms with E-state index in [0.717, 1.165) is 30.5 Å². The van der Waals surface area contributed by atoms with Gasteiger partial charge in [-0.3, -0.25) is 0 Å². The first-order valence-electron chi connectivity index (χ1n) is 9.99. The predicted molar refractivity (Wildman–Crippen MR) is 118 cm³/mol. The number of nitrogens with one attached hydrogen (secondary N) is 1. The average Bonchev–Trinajstić information content (AvgIpc) is 2.76. The zero-order chi connectivity index (χ0) is 19.2. The van der Waals surface area contributed by atoms with Crippen molar-refractivity contribution < 1.29 is 4.74 Å². The third-order valence-electron chi connectivity index (χ3n) is 5.51. The summed E-state index contributed by atoms with van der Waals surface area (Å²) >= 11 is 3.49. The summed E-state index contributed by atoms with van der Waals surface area (Å²) in [5, 5.41) is 3.66. The molecule has 0 saturated carbocycles. The monoisotopic (exact) mass is 435 g/mol. The van der Waals surface area contributed by atoms with E-state index in [2.05, 4.69) is 106 Å². The van der Waals surface area contributed by atoms with E-state index in [-0.39, 0.29) is 12.0 Å². The minimum absolute atomic E-state index is 0.218. The molecule has 1 N–H and O–H groups in total. The first-order chi connectivity index (χ1) is 13.8. The van der Waals surface area contributed by atoms with Gasteiger partial charge in [0.15, 0.2) is 0 Å². The molecular formula is C25H26BrNO. The third kappa shape index (κ3) is 4.91. The van der Waals surface area contributed by atoms with Crippen molar-refractivity contribution in [3.63, 3.8) is 0 Å². The minimum Gasteiger partial charge on any atom is -0.376 e. The lowest BCUT2D eigenvalue weighted by Gasteiger charge is -2.35. The Morgan fingerprint density at radius 1 is 0.821 bits per heavy atom. The molecule has 1 aliphatic heterocycles. The van der Waals surface area contributed by atoms with Gasteiger partial charge in [-0.25, -0.2) is 0 Å². The summed E-state index contributed by atoms with van der Waals surface area (Å²) in [5.74, 6) is 0.287. The third-order valence-corrected chi connectivity index (χ3v) is 6.04. The molecule has 0 aromatic heterocycles. The molecule has 0 bridgehead atoms. The summed E-state index contributed by atoms with van der Waals surface area (Å²) in [7, 11) is 0. The van der Waals surface area contributed by atoms with Crippen LogP contribution in [0.5, 0.6) is 0 Å². The molecule has 2 nitrogen and oxygen atoms in total. The van der Waals surface area contributed by atoms with Crippen LogP contribution in [0, 0.1) is 0 Å². The SMILES string of the molecule is Brc1ccc(CN[C@H]2CC[C@@H](C(c3ccccc3)c3ccccc3)OC2)cc1. The Morgan fingerprint density at radius 2 is 1.43 bits per heavy atom. The molecule has 0 aliphatic carbocycles. The lowest BCUT2D eigenvalue weighted by atomic mass is 9.83. The number of benzene rings is 3. The molecule has 0 radical (unpaired) electrons. The lowest BCUT2D eigenvalue weighted by molar-refractivity contribution is -0.0116. The van der Waals surface area contributed by atoms with Gasteiger partial charge in [0, 0.05) is 23.0 Å². The average molecular weight is 436 g/mol. The van der Waals surface area contributed by atoms with Gasteiger partial charge in [0.05, 0.1) is 12.7 Å². The van der Waals surface area contributed by atoms with E-state index in [1.165, 1.54) is 16.7 Å². The van der Waals surface area contributed by atoms with Crippen LogP contribution < -0.4 is 5.32 Å². The topological polar surface area (TPSA) is 21.3 Å². The van der Waals surface area contributed by atoms with Crippen LogP contribution in [0.25, 0.3) is 0 Å². The number of hydrogen-bond acceptors (Lipinski definition) is 2. The second-order valence-electron chi connectivity index (χ2n) is 7.45. The minimum atomic E-state index is 0.218. The Morgan fingerprint density at radius 3 is 1.96 bits per heavy atom. The molecule has 1 aliphatic rings. The Bertz CT molecular complexity index is 803. The van der Waals surface area contributed by atoms with Crippen molar-refractivity contribution in [2.45, 2.75) is 37.5 Å². The van der Waals surface area contributed by atoms with Crippen molar-refractivity contribution in [3.8, 4) is 0 Å². The van der Waals surface area contributed by atoms with Crippen LogP contribution in [0.15, 0.2) is 89.4 Å². The van der Waals surface area contributed by atoms with Crippen molar-refractivity contribution in [3.05, 3.63) is 106 Å². The molecule has 0 unspecified atom stereocenters. The van der Waals surface area contributed by atoms with Crippen LogP contribution in [0.1, 0.15) is 35.4 Å². The van der Waals surface area contributed by atoms with Gasteiger partial charge >= 0.3 is 0 Å². The van der Waals surface area contributed by atoms with Gasteiger partial charge in [0.25, 0.3) is 0 Å². The van der Waals surface area contributed by atoms with Crippen molar-refractivity contribution in [1.29, 1.82) is 0 Å². The van der Waals surface area contributed by atoms with Gasteiger partial charge in [0.2, 0.25) is 0 Å². The fourth-order valence-corrected chi connectivity index (χ4v) is 4.27. The highest BCUT2D eigenvalue weighted by molar-refractivity contribution is 9.10. The number of hydrogen-bond donors (Lipinski definition) is 1. The van der Waals surface area contributed by atoms with E-state index < -0.39 is 0 Å². The second kappa shape index (κ2) is 9.51. The smallest absolute Gasteiger partial charge is 0.0685 e. The maximum atomic E-state index is 6.40. The molecule has 3 heteroatoms. The largest absolute Gasteiger partial charge is 0.376 e. The fraction of sp³-hybridized carbons (Fsp3) is 0.280. The summed E-state index contributed by atoms with van der Waals surface area (Å²) in [6.07, 6.45) is 2.42. The second-order valence-corrected chi connectivity index (χ2v) is 8.37. The highest BCUT2D eigenvalue weighted by Crippen LogP contribution is 2.34. The van der Waals surface area contributed by atoms with Crippen LogP contribution in [0.4, 0.5) is 0 Å². The molecule has 28 heavy (non-hydrogen) atoms. The fourth-order valence-electron chi connectivity index (χ4n) is 4.00. The van der Waals surface area contributed by atoms with Crippen LogP contribution in [0.3, 0.4) is 0 Å². The molecule has 144 valence electrons. The molecule has 1 heterocycles. The molecule has 3 aromatic carbocycles. The molecule has 2 atom stereocenters. The standard InChI is InChI=1S/C25H26BrNO/c26-22-13-11-19(12-14-22)17-27-23-15-16-24(28-18-23)25(20-7-3-1-4-8-20)21-9-5-2-6-10-21/h1-14,23-25,27H,15-18H2/t23-,24-/m0/s1. The highest BCUT2D eigenvalue weighted by Gasteiger charge is 2.30. The molecule has 1 fully saturated rings. The Hall–Kier alpha value is -1.94. The summed E-state index contributed by atoms with van der Waals surface area (Å²) in [5.41, 5.74) is 3.97. The van der Waals surface area contributed by atoms with Gasteiger partial charge in [0.1, 0.15) is 0 Å². The lowest BCUT2D eigenvalue weighted by Crippen LogP contribution is -2.41. The first-order valence-corrected chi connectivity index (χ1v) is 10.8. The normalized spacial score (nSPS) is 19.6. The van der Waals surface area contributed by atoms with Crippen molar-refractivity contribution in [2.75, 3.05) is 6.61 Å². The Labute approximate surface area is 176 Å².